The van der Waals surface area contributed by atoms with Crippen LogP contribution in [0.4, 0.5) is 32.0 Å². The predicted octanol–water partition coefficient (Wildman–Crippen LogP) is 7.02. The van der Waals surface area contributed by atoms with Crippen molar-refractivity contribution in [1.29, 1.82) is 0 Å². The molecule has 6 nitrogen and oxygen atoms in total. The van der Waals surface area contributed by atoms with Crippen molar-refractivity contribution in [2.24, 2.45) is 17.8 Å². The Morgan fingerprint density at radius 2 is 1.66 bits per heavy atom. The van der Waals surface area contributed by atoms with Gasteiger partial charge in [-0.3, -0.25) is 9.59 Å². The molecular weight excluding hydrogens is 591 g/mol. The first-order chi connectivity index (χ1) is 20.6. The van der Waals surface area contributed by atoms with Crippen LogP contribution in [0.5, 0.6) is 5.75 Å². The Labute approximate surface area is 250 Å². The fraction of sp³-hybridized carbons (Fsp3) is 0.419. The number of para-hydroxylation sites is 1. The fourth-order valence-electron chi connectivity index (χ4n) is 6.73. The number of carbonyl (C=O) groups is 2. The molecule has 0 spiro atoms. The lowest BCUT2D eigenvalue weighted by molar-refractivity contribution is -0.143. The zero-order valence-corrected chi connectivity index (χ0v) is 23.9. The number of nitrogens with zero attached hydrogens (tertiary/aromatic N) is 1. The van der Waals surface area contributed by atoms with Gasteiger partial charge in [-0.2, -0.15) is 26.3 Å². The van der Waals surface area contributed by atoms with Crippen molar-refractivity contribution in [3.63, 3.8) is 0 Å². The largest absolute Gasteiger partial charge is 0.507 e. The third kappa shape index (κ3) is 6.04. The normalized spacial score (nSPS) is 24.6. The van der Waals surface area contributed by atoms with E-state index < -0.39 is 72.0 Å². The number of hydrogen-bond acceptors (Lipinski definition) is 5. The molecule has 2 amide bonds. The van der Waals surface area contributed by atoms with E-state index in [2.05, 4.69) is 0 Å². The lowest BCUT2D eigenvalue weighted by atomic mass is 9.58. The minimum atomic E-state index is -5.15. The molecule has 0 saturated carbocycles. The number of alkyl halides is 6. The number of hydrogen-bond donors (Lipinski definition) is 2. The van der Waals surface area contributed by atoms with Crippen molar-refractivity contribution in [2.45, 2.75) is 64.3 Å². The van der Waals surface area contributed by atoms with Gasteiger partial charge in [-0.25, -0.2) is 4.90 Å². The summed E-state index contributed by atoms with van der Waals surface area (Å²) in [6.45, 7) is 3.73. The Hall–Kier alpha value is -3.58. The second kappa shape index (κ2) is 11.7. The van der Waals surface area contributed by atoms with Crippen molar-refractivity contribution in [3.8, 4) is 5.75 Å². The molecule has 2 aromatic rings. The van der Waals surface area contributed by atoms with E-state index in [1.54, 1.807) is 24.3 Å². The third-order valence-corrected chi connectivity index (χ3v) is 8.70. The number of aromatic hydroxyl groups is 1. The number of carbonyl (C=O) groups excluding carboxylic acids is 2. The van der Waals surface area contributed by atoms with Crippen LogP contribution in [0.25, 0.3) is 6.08 Å². The van der Waals surface area contributed by atoms with Gasteiger partial charge in [0.05, 0.1) is 34.8 Å². The number of imide groups is 1. The minimum absolute atomic E-state index is 0.0491. The first-order valence-corrected chi connectivity index (χ1v) is 14.3. The number of anilines is 1. The standard InChI is InChI=1S/C31H30BF6NO5/c1-3-17-11-22-27(29(42)39(28(22)41)21-13-19(30(33,34)35)12-20(14-21)31(36,37)38)23-15-32(43)44-25(26(17)23)9-8-16(2)10-18-6-4-5-7-24(18)40/h4-7,10,12-14,22-23,25,27,40,43H,3,8-9,11,15H2,1-2H3/b16-10+/t22-,23+,25-,27-/m1/s1. The number of allylic oxidation sites excluding steroid dienone is 2. The SMILES string of the molecule is CCC1=C2[C@@H](CC/C(C)=C/c3ccccc3O)OB(O)C[C@@H]2[C@@H]2C(=O)N(c3cc(C(F)(F)F)cc(C(F)(F)F)c3)C(=O)[C@@H]2C1. The maximum atomic E-state index is 13.8. The van der Waals surface area contributed by atoms with Crippen LogP contribution in [0, 0.1) is 17.8 Å². The molecule has 13 heteroatoms. The van der Waals surface area contributed by atoms with E-state index in [0.717, 1.165) is 16.7 Å². The van der Waals surface area contributed by atoms with Crippen LogP contribution in [-0.4, -0.2) is 35.2 Å². The van der Waals surface area contributed by atoms with Gasteiger partial charge in [-0.05, 0) is 74.7 Å². The minimum Gasteiger partial charge on any atom is -0.507 e. The zero-order valence-electron chi connectivity index (χ0n) is 23.9. The summed E-state index contributed by atoms with van der Waals surface area (Å²) < 4.78 is 87.3. The first-order valence-electron chi connectivity index (χ1n) is 14.3. The Morgan fingerprint density at radius 1 is 1.02 bits per heavy atom. The maximum absolute atomic E-state index is 13.8. The van der Waals surface area contributed by atoms with Gasteiger partial charge in [-0.15, -0.1) is 0 Å². The summed E-state index contributed by atoms with van der Waals surface area (Å²) in [6.07, 6.45) is -7.69. The van der Waals surface area contributed by atoms with Crippen LogP contribution >= 0.6 is 0 Å². The van der Waals surface area contributed by atoms with E-state index in [0.29, 0.717) is 41.9 Å². The molecule has 44 heavy (non-hydrogen) atoms. The van der Waals surface area contributed by atoms with Gasteiger partial charge < -0.3 is 14.8 Å². The van der Waals surface area contributed by atoms with E-state index in [1.807, 2.05) is 19.9 Å². The van der Waals surface area contributed by atoms with E-state index >= 15 is 0 Å². The average molecular weight is 621 g/mol. The molecule has 0 bridgehead atoms. The Morgan fingerprint density at radius 3 is 2.25 bits per heavy atom. The Balaban J connectivity index is 1.47. The van der Waals surface area contributed by atoms with E-state index in [4.69, 9.17) is 4.65 Å². The quantitative estimate of drug-likeness (QED) is 0.157. The summed E-state index contributed by atoms with van der Waals surface area (Å²) in [6, 6.07) is 7.53. The van der Waals surface area contributed by atoms with Crippen molar-refractivity contribution < 1.29 is 50.7 Å². The van der Waals surface area contributed by atoms with Gasteiger partial charge in [0.1, 0.15) is 5.75 Å². The highest BCUT2D eigenvalue weighted by Gasteiger charge is 2.57. The molecule has 2 aromatic carbocycles. The first kappa shape index (κ1) is 31.8. The van der Waals surface area contributed by atoms with Gasteiger partial charge in [-0.1, -0.05) is 42.3 Å². The number of benzene rings is 2. The van der Waals surface area contributed by atoms with Crippen LogP contribution < -0.4 is 4.90 Å². The van der Waals surface area contributed by atoms with Crippen molar-refractivity contribution in [1.82, 2.24) is 0 Å². The molecule has 2 saturated heterocycles. The van der Waals surface area contributed by atoms with Crippen molar-refractivity contribution in [2.75, 3.05) is 4.90 Å². The molecular formula is C31H30BF6NO5. The molecule has 0 aromatic heterocycles. The average Bonchev–Trinajstić information content (AvgIpc) is 3.20. The lowest BCUT2D eigenvalue weighted by Crippen LogP contribution is -2.46. The maximum Gasteiger partial charge on any atom is 0.455 e. The van der Waals surface area contributed by atoms with Gasteiger partial charge in [0, 0.05) is 5.56 Å². The molecule has 3 aliphatic rings. The third-order valence-electron chi connectivity index (χ3n) is 8.70. The van der Waals surface area contributed by atoms with Gasteiger partial charge in [0.15, 0.2) is 0 Å². The Kier molecular flexibility index (Phi) is 8.49. The lowest BCUT2D eigenvalue weighted by Gasteiger charge is -2.43. The summed E-state index contributed by atoms with van der Waals surface area (Å²) >= 11 is 0. The highest BCUT2D eigenvalue weighted by Crippen LogP contribution is 2.52. The molecule has 234 valence electrons. The summed E-state index contributed by atoms with van der Waals surface area (Å²) in [7, 11) is -1.30. The number of rotatable bonds is 6. The molecule has 5 rings (SSSR count). The Bertz CT molecular complexity index is 1500. The molecule has 2 aliphatic heterocycles. The van der Waals surface area contributed by atoms with Crippen LogP contribution in [0.2, 0.25) is 6.32 Å². The van der Waals surface area contributed by atoms with E-state index in [-0.39, 0.29) is 24.6 Å². The summed E-state index contributed by atoms with van der Waals surface area (Å²) in [5.74, 6) is -4.40. The number of phenols is 1. The van der Waals surface area contributed by atoms with Gasteiger partial charge >= 0.3 is 19.5 Å². The molecule has 2 N–H and O–H groups in total. The zero-order chi connectivity index (χ0) is 32.1. The number of phenolic OH excluding ortho intramolecular Hbond substituents is 1. The van der Waals surface area contributed by atoms with Crippen LogP contribution in [-0.2, 0) is 26.6 Å². The molecule has 2 fully saturated rings. The van der Waals surface area contributed by atoms with E-state index in [9.17, 15) is 46.1 Å². The smallest absolute Gasteiger partial charge is 0.455 e. The molecule has 0 radical (unpaired) electrons. The molecule has 1 aliphatic carbocycles. The van der Waals surface area contributed by atoms with Crippen molar-refractivity contribution >= 4 is 30.7 Å². The fourth-order valence-corrected chi connectivity index (χ4v) is 6.73. The summed E-state index contributed by atoms with van der Waals surface area (Å²) in [5, 5.41) is 20.8. The second-order valence-corrected chi connectivity index (χ2v) is 11.5. The molecule has 4 atom stereocenters. The van der Waals surface area contributed by atoms with E-state index in [1.165, 1.54) is 0 Å². The highest BCUT2D eigenvalue weighted by molar-refractivity contribution is 6.43. The van der Waals surface area contributed by atoms with Crippen LogP contribution in [0.3, 0.4) is 0 Å². The van der Waals surface area contributed by atoms with Crippen LogP contribution in [0.15, 0.2) is 59.2 Å². The van der Waals surface area contributed by atoms with Crippen LogP contribution in [0.1, 0.15) is 56.2 Å². The number of amides is 2. The summed E-state index contributed by atoms with van der Waals surface area (Å²) in [5.41, 5.74) is -0.942. The van der Waals surface area contributed by atoms with Gasteiger partial charge in [0.25, 0.3) is 0 Å². The molecule has 0 unspecified atom stereocenters. The van der Waals surface area contributed by atoms with Gasteiger partial charge in [0.2, 0.25) is 11.8 Å². The summed E-state index contributed by atoms with van der Waals surface area (Å²) in [4.78, 5) is 27.8. The number of fused-ring (bicyclic) bond motifs is 3. The molecule has 2 heterocycles. The number of halogens is 6. The second-order valence-electron chi connectivity index (χ2n) is 11.5. The predicted molar refractivity (Wildman–Crippen MR) is 150 cm³/mol. The van der Waals surface area contributed by atoms with Crippen molar-refractivity contribution in [3.05, 3.63) is 75.9 Å². The monoisotopic (exact) mass is 621 g/mol. The topological polar surface area (TPSA) is 87.1 Å². The highest BCUT2D eigenvalue weighted by atomic mass is 19.4.